The van der Waals surface area contributed by atoms with Crippen LogP contribution in [0.3, 0.4) is 0 Å². The molecule has 2 aromatic rings. The number of hydrogen-bond donors (Lipinski definition) is 1. The molecule has 1 fully saturated rings. The van der Waals surface area contributed by atoms with Gasteiger partial charge in [0.1, 0.15) is 5.01 Å². The summed E-state index contributed by atoms with van der Waals surface area (Å²) in [6.45, 7) is 1.32. The van der Waals surface area contributed by atoms with Crippen LogP contribution < -0.4 is 0 Å². The van der Waals surface area contributed by atoms with Gasteiger partial charge in [0, 0.05) is 30.7 Å². The zero-order chi connectivity index (χ0) is 14.7. The van der Waals surface area contributed by atoms with E-state index in [1.165, 1.54) is 0 Å². The van der Waals surface area contributed by atoms with Crippen LogP contribution in [0, 0.1) is 0 Å². The lowest BCUT2D eigenvalue weighted by molar-refractivity contribution is -0.137. The van der Waals surface area contributed by atoms with Crippen LogP contribution in [0.25, 0.3) is 10.7 Å². The Balaban J connectivity index is 1.66. The first-order chi connectivity index (χ1) is 10.2. The summed E-state index contributed by atoms with van der Waals surface area (Å²) in [7, 11) is 0. The monoisotopic (exact) mass is 303 g/mol. The van der Waals surface area contributed by atoms with Crippen LogP contribution in [0.1, 0.15) is 25.0 Å². The van der Waals surface area contributed by atoms with E-state index in [1.807, 2.05) is 23.6 Å². The second-order valence-electron chi connectivity index (χ2n) is 5.20. The number of carboxylic acid groups (broad SMARTS) is 1. The van der Waals surface area contributed by atoms with E-state index >= 15 is 0 Å². The normalized spacial score (nSPS) is 14.5. The summed E-state index contributed by atoms with van der Waals surface area (Å²) >= 11 is 1.58. The topological polar surface area (TPSA) is 66.3 Å². The van der Waals surface area contributed by atoms with E-state index in [9.17, 15) is 4.79 Å². The van der Waals surface area contributed by atoms with Gasteiger partial charge in [0.2, 0.25) is 0 Å². The van der Waals surface area contributed by atoms with Crippen molar-refractivity contribution in [3.8, 4) is 10.7 Å². The van der Waals surface area contributed by atoms with Gasteiger partial charge in [-0.25, -0.2) is 4.98 Å². The van der Waals surface area contributed by atoms with E-state index in [4.69, 9.17) is 5.11 Å². The van der Waals surface area contributed by atoms with Gasteiger partial charge in [0.05, 0.1) is 17.8 Å². The SMILES string of the molecule is O=C(O)CCN(Cc1csc(-c2ccccn2)n1)C1CC1. The van der Waals surface area contributed by atoms with E-state index in [-0.39, 0.29) is 6.42 Å². The molecule has 3 rings (SSSR count). The van der Waals surface area contributed by atoms with Crippen LogP contribution >= 0.6 is 11.3 Å². The van der Waals surface area contributed by atoms with E-state index in [1.54, 1.807) is 17.5 Å². The molecule has 0 spiro atoms. The molecular formula is C15H17N3O2S. The molecule has 2 heterocycles. The number of hydrogen-bond acceptors (Lipinski definition) is 5. The summed E-state index contributed by atoms with van der Waals surface area (Å²) in [5.74, 6) is -0.742. The maximum absolute atomic E-state index is 10.7. The van der Waals surface area contributed by atoms with E-state index in [2.05, 4.69) is 14.9 Å². The fourth-order valence-corrected chi connectivity index (χ4v) is 3.05. The first kappa shape index (κ1) is 14.2. The minimum absolute atomic E-state index is 0.188. The summed E-state index contributed by atoms with van der Waals surface area (Å²) < 4.78 is 0. The third-order valence-corrected chi connectivity index (χ3v) is 4.39. The summed E-state index contributed by atoms with van der Waals surface area (Å²) in [5, 5.41) is 11.8. The van der Waals surface area contributed by atoms with Gasteiger partial charge in [-0.05, 0) is 25.0 Å². The predicted molar refractivity (Wildman–Crippen MR) is 81.0 cm³/mol. The molecular weight excluding hydrogens is 286 g/mol. The molecule has 0 amide bonds. The molecule has 0 aromatic carbocycles. The average Bonchev–Trinajstić information content (AvgIpc) is 3.23. The molecule has 1 saturated carbocycles. The predicted octanol–water partition coefficient (Wildman–Crippen LogP) is 2.64. The Hall–Kier alpha value is -1.79. The number of rotatable bonds is 7. The number of nitrogens with zero attached hydrogens (tertiary/aromatic N) is 3. The Kier molecular flexibility index (Phi) is 4.26. The molecule has 1 aliphatic rings. The Bertz CT molecular complexity index is 610. The highest BCUT2D eigenvalue weighted by molar-refractivity contribution is 7.13. The van der Waals surface area contributed by atoms with Gasteiger partial charge in [0.15, 0.2) is 0 Å². The quantitative estimate of drug-likeness (QED) is 0.851. The second kappa shape index (κ2) is 6.32. The summed E-state index contributed by atoms with van der Waals surface area (Å²) in [6, 6.07) is 6.32. The molecule has 110 valence electrons. The number of aromatic nitrogens is 2. The first-order valence-corrected chi connectivity index (χ1v) is 7.92. The minimum Gasteiger partial charge on any atom is -0.481 e. The summed E-state index contributed by atoms with van der Waals surface area (Å²) in [6.07, 6.45) is 4.28. The van der Waals surface area contributed by atoms with Crippen molar-refractivity contribution in [2.75, 3.05) is 6.54 Å². The Morgan fingerprint density at radius 2 is 2.29 bits per heavy atom. The smallest absolute Gasteiger partial charge is 0.304 e. The maximum Gasteiger partial charge on any atom is 0.304 e. The second-order valence-corrected chi connectivity index (χ2v) is 6.06. The van der Waals surface area contributed by atoms with E-state index in [0.29, 0.717) is 12.6 Å². The van der Waals surface area contributed by atoms with Crippen molar-refractivity contribution in [2.24, 2.45) is 0 Å². The van der Waals surface area contributed by atoms with Gasteiger partial charge in [-0.2, -0.15) is 0 Å². The minimum atomic E-state index is -0.742. The number of pyridine rings is 1. The van der Waals surface area contributed by atoms with Crippen LogP contribution in [0.15, 0.2) is 29.8 Å². The molecule has 0 atom stereocenters. The van der Waals surface area contributed by atoms with Crippen LogP contribution in [0.4, 0.5) is 0 Å². The largest absolute Gasteiger partial charge is 0.481 e. The van der Waals surface area contributed by atoms with Crippen molar-refractivity contribution in [1.29, 1.82) is 0 Å². The third-order valence-electron chi connectivity index (χ3n) is 3.48. The van der Waals surface area contributed by atoms with Crippen LogP contribution in [0.5, 0.6) is 0 Å². The number of aliphatic carboxylic acids is 1. The highest BCUT2D eigenvalue weighted by Crippen LogP contribution is 2.29. The van der Waals surface area contributed by atoms with E-state index in [0.717, 1.165) is 35.8 Å². The Morgan fingerprint density at radius 3 is 2.95 bits per heavy atom. The molecule has 0 unspecified atom stereocenters. The highest BCUT2D eigenvalue weighted by atomic mass is 32.1. The first-order valence-electron chi connectivity index (χ1n) is 7.04. The number of carboxylic acids is 1. The lowest BCUT2D eigenvalue weighted by Crippen LogP contribution is -2.28. The molecule has 21 heavy (non-hydrogen) atoms. The van der Waals surface area contributed by atoms with E-state index < -0.39 is 5.97 Å². The van der Waals surface area contributed by atoms with Gasteiger partial charge in [-0.15, -0.1) is 11.3 Å². The van der Waals surface area contributed by atoms with Gasteiger partial charge >= 0.3 is 5.97 Å². The Labute approximate surface area is 127 Å². The number of thiazole rings is 1. The molecule has 6 heteroatoms. The van der Waals surface area contributed by atoms with Gasteiger partial charge < -0.3 is 5.11 Å². The standard InChI is InChI=1S/C15H17N3O2S/c19-14(20)6-8-18(12-4-5-12)9-11-10-21-15(17-11)13-3-1-2-7-16-13/h1-3,7,10,12H,4-6,8-9H2,(H,19,20). The van der Waals surface area contributed by atoms with Gasteiger partial charge in [-0.1, -0.05) is 6.07 Å². The van der Waals surface area contributed by atoms with Crippen LogP contribution in [0.2, 0.25) is 0 Å². The zero-order valence-electron chi connectivity index (χ0n) is 11.6. The molecule has 0 radical (unpaired) electrons. The maximum atomic E-state index is 10.7. The van der Waals surface area contributed by atoms with Crippen molar-refractivity contribution in [3.05, 3.63) is 35.5 Å². The van der Waals surface area contributed by atoms with Crippen molar-refractivity contribution < 1.29 is 9.90 Å². The molecule has 0 aliphatic heterocycles. The summed E-state index contributed by atoms with van der Waals surface area (Å²) in [5.41, 5.74) is 1.88. The van der Waals surface area contributed by atoms with Gasteiger partial charge in [-0.3, -0.25) is 14.7 Å². The molecule has 5 nitrogen and oxygen atoms in total. The average molecular weight is 303 g/mol. The highest BCUT2D eigenvalue weighted by Gasteiger charge is 2.29. The van der Waals surface area contributed by atoms with Crippen LogP contribution in [-0.2, 0) is 11.3 Å². The molecule has 2 aromatic heterocycles. The number of carbonyl (C=O) groups is 1. The fraction of sp³-hybridized carbons (Fsp3) is 0.400. The molecule has 1 aliphatic carbocycles. The van der Waals surface area contributed by atoms with Crippen LogP contribution in [-0.4, -0.2) is 38.5 Å². The molecule has 0 bridgehead atoms. The summed E-state index contributed by atoms with van der Waals surface area (Å²) in [4.78, 5) is 21.9. The van der Waals surface area contributed by atoms with Gasteiger partial charge in [0.25, 0.3) is 0 Å². The van der Waals surface area contributed by atoms with Crippen molar-refractivity contribution >= 4 is 17.3 Å². The molecule has 1 N–H and O–H groups in total. The lowest BCUT2D eigenvalue weighted by atomic mass is 10.3. The zero-order valence-corrected chi connectivity index (χ0v) is 12.4. The van der Waals surface area contributed by atoms with Crippen molar-refractivity contribution in [3.63, 3.8) is 0 Å². The van der Waals surface area contributed by atoms with Crippen molar-refractivity contribution in [1.82, 2.24) is 14.9 Å². The third kappa shape index (κ3) is 3.86. The molecule has 0 saturated heterocycles. The fourth-order valence-electron chi connectivity index (χ4n) is 2.26. The van der Waals surface area contributed by atoms with Crippen molar-refractivity contribution in [2.45, 2.75) is 31.8 Å². The lowest BCUT2D eigenvalue weighted by Gasteiger charge is -2.19. The Morgan fingerprint density at radius 1 is 1.43 bits per heavy atom.